The van der Waals surface area contributed by atoms with E-state index in [9.17, 15) is 22.0 Å². The Hall–Kier alpha value is -2.58. The zero-order chi connectivity index (χ0) is 25.6. The molecule has 10 nitrogen and oxygen atoms in total. The van der Waals surface area contributed by atoms with Gasteiger partial charge in [-0.3, -0.25) is 14.8 Å². The first-order valence-corrected chi connectivity index (χ1v) is 14.2. The molecule has 1 aromatic heterocycles. The van der Waals surface area contributed by atoms with Crippen LogP contribution in [0.15, 0.2) is 18.2 Å². The number of nitrogens with one attached hydrogen (secondary N) is 2. The number of anilines is 3. The summed E-state index contributed by atoms with van der Waals surface area (Å²) in [6.45, 7) is 0.986. The highest BCUT2D eigenvalue weighted by Gasteiger charge is 2.47. The summed E-state index contributed by atoms with van der Waals surface area (Å²) in [5, 5.41) is 19.7. The maximum atomic E-state index is 13.2. The number of hydrogen-bond acceptors (Lipinski definition) is 9. The molecular weight excluding hydrogens is 516 g/mol. The van der Waals surface area contributed by atoms with Gasteiger partial charge in [-0.15, -0.1) is 5.10 Å². The van der Waals surface area contributed by atoms with Crippen molar-refractivity contribution in [2.75, 3.05) is 40.4 Å². The van der Waals surface area contributed by atoms with Crippen LogP contribution in [0.5, 0.6) is 5.19 Å². The lowest BCUT2D eigenvalue weighted by Crippen LogP contribution is -2.43. The molecule has 0 unspecified atom stereocenters. The molecule has 2 saturated carbocycles. The smallest absolute Gasteiger partial charge is 0.296 e. The number of aliphatic hydroxyl groups excluding tert-OH is 1. The second kappa shape index (κ2) is 9.38. The van der Waals surface area contributed by atoms with Crippen molar-refractivity contribution in [1.82, 2.24) is 10.2 Å². The largest absolute Gasteiger partial charge is 0.465 e. The van der Waals surface area contributed by atoms with Crippen molar-refractivity contribution < 1.29 is 31.8 Å². The van der Waals surface area contributed by atoms with Crippen LogP contribution in [0.4, 0.5) is 25.3 Å². The minimum atomic E-state index is -3.73. The van der Waals surface area contributed by atoms with Gasteiger partial charge in [0.2, 0.25) is 15.2 Å². The van der Waals surface area contributed by atoms with Gasteiger partial charge in [0.25, 0.3) is 17.0 Å². The number of amides is 1. The van der Waals surface area contributed by atoms with E-state index in [0.717, 1.165) is 37.3 Å². The van der Waals surface area contributed by atoms with Gasteiger partial charge in [0.05, 0.1) is 29.3 Å². The van der Waals surface area contributed by atoms with Crippen LogP contribution in [0.3, 0.4) is 0 Å². The first kappa shape index (κ1) is 25.1. The molecule has 2 aromatic rings. The molecule has 2 aliphatic carbocycles. The highest BCUT2D eigenvalue weighted by Crippen LogP contribution is 2.54. The van der Waals surface area contributed by atoms with Gasteiger partial charge in [-0.1, -0.05) is 5.10 Å². The quantitative estimate of drug-likeness (QED) is 0.439. The number of halogens is 2. The van der Waals surface area contributed by atoms with Crippen LogP contribution in [0.2, 0.25) is 0 Å². The lowest BCUT2D eigenvalue weighted by atomic mass is 9.91. The SMILES string of the molecule is O=C(Nc1nnc(OC2CC(F)(F)C2)s1)c1ccc(NS(=O)(=O)CCO)cc1N1CCC2(CC1)CC2. The van der Waals surface area contributed by atoms with E-state index in [-0.39, 0.29) is 23.2 Å². The van der Waals surface area contributed by atoms with Crippen molar-refractivity contribution in [2.45, 2.75) is 50.6 Å². The van der Waals surface area contributed by atoms with Crippen molar-refractivity contribution in [2.24, 2.45) is 5.41 Å². The molecule has 0 bridgehead atoms. The minimum absolute atomic E-state index is 0.102. The summed E-state index contributed by atoms with van der Waals surface area (Å²) >= 11 is 0.949. The molecule has 36 heavy (non-hydrogen) atoms. The number of hydrogen-bond donors (Lipinski definition) is 3. The number of carbonyl (C=O) groups is 1. The summed E-state index contributed by atoms with van der Waals surface area (Å²) in [4.78, 5) is 15.3. The van der Waals surface area contributed by atoms with E-state index in [1.54, 1.807) is 6.07 Å². The topological polar surface area (TPSA) is 134 Å². The van der Waals surface area contributed by atoms with Crippen LogP contribution in [-0.2, 0) is 10.0 Å². The van der Waals surface area contributed by atoms with Crippen LogP contribution >= 0.6 is 11.3 Å². The predicted molar refractivity (Wildman–Crippen MR) is 131 cm³/mol. The number of nitrogens with zero attached hydrogens (tertiary/aromatic N) is 3. The Balaban J connectivity index is 1.32. The number of benzene rings is 1. The molecule has 1 amide bonds. The number of rotatable bonds is 9. The van der Waals surface area contributed by atoms with Crippen molar-refractivity contribution >= 4 is 43.8 Å². The molecule has 3 fully saturated rings. The zero-order valence-corrected chi connectivity index (χ0v) is 21.0. The third kappa shape index (κ3) is 5.70. The second-order valence-corrected chi connectivity index (χ2v) is 12.5. The summed E-state index contributed by atoms with van der Waals surface area (Å²) in [6, 6.07) is 4.66. The molecular formula is C22H27F2N5O5S2. The fourth-order valence-corrected chi connectivity index (χ4v) is 6.09. The average molecular weight is 544 g/mol. The molecule has 14 heteroatoms. The van der Waals surface area contributed by atoms with Gasteiger partial charge in [-0.2, -0.15) is 0 Å². The number of alkyl halides is 2. The molecule has 1 aliphatic heterocycles. The normalized spacial score (nSPS) is 20.6. The Kier molecular flexibility index (Phi) is 6.53. The van der Waals surface area contributed by atoms with Crippen molar-refractivity contribution in [3.05, 3.63) is 23.8 Å². The van der Waals surface area contributed by atoms with Gasteiger partial charge in [-0.05, 0) is 60.6 Å². The standard InChI is InChI=1S/C22H27F2N5O5S2/c23-22(24)12-15(13-22)34-20-27-26-19(35-20)25-18(31)16-2-1-14(28-36(32,33)10-9-30)11-17(16)29-7-5-21(3-4-21)6-8-29/h1-2,11,15,28,30H,3-10,12-13H2,(H,25,26,31). The summed E-state index contributed by atoms with van der Waals surface area (Å²) in [5.41, 5.74) is 1.63. The molecule has 2 heterocycles. The lowest BCUT2D eigenvalue weighted by molar-refractivity contribution is -0.134. The summed E-state index contributed by atoms with van der Waals surface area (Å²) < 4.78 is 58.2. The Labute approximate surface area is 211 Å². The minimum Gasteiger partial charge on any atom is -0.465 e. The van der Waals surface area contributed by atoms with Gasteiger partial charge in [0.1, 0.15) is 6.10 Å². The molecule has 0 radical (unpaired) electrons. The molecule has 0 atom stereocenters. The number of sulfonamides is 1. The molecule has 3 N–H and O–H groups in total. The van der Waals surface area contributed by atoms with Gasteiger partial charge < -0.3 is 14.7 Å². The fraction of sp³-hybridized carbons (Fsp3) is 0.591. The van der Waals surface area contributed by atoms with E-state index in [4.69, 9.17) is 9.84 Å². The van der Waals surface area contributed by atoms with Crippen LogP contribution in [0.25, 0.3) is 0 Å². The number of aliphatic hydroxyl groups is 1. The fourth-order valence-electron chi connectivity index (χ4n) is 4.60. The van der Waals surface area contributed by atoms with Crippen LogP contribution in [0, 0.1) is 5.41 Å². The van der Waals surface area contributed by atoms with Crippen LogP contribution in [-0.4, -0.2) is 67.1 Å². The van der Waals surface area contributed by atoms with Crippen molar-refractivity contribution in [3.63, 3.8) is 0 Å². The Morgan fingerprint density at radius 1 is 1.19 bits per heavy atom. The van der Waals surface area contributed by atoms with E-state index < -0.39 is 40.3 Å². The molecule has 1 saturated heterocycles. The summed E-state index contributed by atoms with van der Waals surface area (Å²) in [6.07, 6.45) is 3.08. The monoisotopic (exact) mass is 543 g/mol. The third-order valence-corrected chi connectivity index (χ3v) is 8.94. The molecule has 5 rings (SSSR count). The third-order valence-electron chi connectivity index (χ3n) is 6.94. The number of piperidine rings is 1. The highest BCUT2D eigenvalue weighted by molar-refractivity contribution is 7.92. The molecule has 1 spiro atoms. The van der Waals surface area contributed by atoms with Crippen LogP contribution < -0.4 is 19.7 Å². The molecule has 196 valence electrons. The van der Waals surface area contributed by atoms with E-state index in [0.29, 0.717) is 22.4 Å². The predicted octanol–water partition coefficient (Wildman–Crippen LogP) is 3.08. The summed E-state index contributed by atoms with van der Waals surface area (Å²) in [7, 11) is -3.73. The van der Waals surface area contributed by atoms with Crippen LogP contribution in [0.1, 0.15) is 48.9 Å². The number of aromatic nitrogens is 2. The maximum absolute atomic E-state index is 13.2. The van der Waals surface area contributed by atoms with E-state index >= 15 is 0 Å². The van der Waals surface area contributed by atoms with E-state index in [1.165, 1.54) is 25.0 Å². The zero-order valence-electron chi connectivity index (χ0n) is 19.4. The maximum Gasteiger partial charge on any atom is 0.296 e. The Bertz CT molecular complexity index is 1230. The molecule has 1 aromatic carbocycles. The number of ether oxygens (including phenoxy) is 1. The summed E-state index contributed by atoms with van der Waals surface area (Å²) in [5.74, 6) is -3.61. The van der Waals surface area contributed by atoms with Gasteiger partial charge in [0.15, 0.2) is 0 Å². The van der Waals surface area contributed by atoms with Crippen molar-refractivity contribution in [3.8, 4) is 5.19 Å². The van der Waals surface area contributed by atoms with E-state index in [2.05, 4.69) is 25.1 Å². The highest BCUT2D eigenvalue weighted by atomic mass is 32.2. The first-order chi connectivity index (χ1) is 17.1. The lowest BCUT2D eigenvalue weighted by Gasteiger charge is -2.35. The Morgan fingerprint density at radius 2 is 1.92 bits per heavy atom. The van der Waals surface area contributed by atoms with Gasteiger partial charge >= 0.3 is 0 Å². The van der Waals surface area contributed by atoms with Crippen molar-refractivity contribution in [1.29, 1.82) is 0 Å². The molecule has 3 aliphatic rings. The first-order valence-electron chi connectivity index (χ1n) is 11.8. The van der Waals surface area contributed by atoms with Gasteiger partial charge in [0, 0.05) is 25.9 Å². The number of carbonyl (C=O) groups excluding carboxylic acids is 1. The average Bonchev–Trinajstić information content (AvgIpc) is 3.39. The van der Waals surface area contributed by atoms with Gasteiger partial charge in [-0.25, -0.2) is 17.2 Å². The second-order valence-electron chi connectivity index (χ2n) is 9.69. The Morgan fingerprint density at radius 3 is 2.56 bits per heavy atom. The van der Waals surface area contributed by atoms with E-state index in [1.807, 2.05) is 0 Å².